The average Bonchev–Trinajstić information content (AvgIpc) is 3.37. The maximum Gasteiger partial charge on any atom is 0.403 e. The van der Waals surface area contributed by atoms with Gasteiger partial charge in [-0.2, -0.15) is 4.98 Å². The third kappa shape index (κ3) is 7.10. The van der Waals surface area contributed by atoms with E-state index in [0.717, 1.165) is 0 Å². The second-order valence-corrected chi connectivity index (χ2v) is 9.93. The number of nitrogens with two attached hydrogens (primary N) is 1. The van der Waals surface area contributed by atoms with Crippen LogP contribution in [-0.4, -0.2) is 91.1 Å². The predicted molar refractivity (Wildman–Crippen MR) is 126 cm³/mol. The number of aromatic amines is 1. The van der Waals surface area contributed by atoms with Gasteiger partial charge in [-0.05, 0) is 19.3 Å². The van der Waals surface area contributed by atoms with E-state index in [1.807, 2.05) is 0 Å². The number of ether oxygens (including phenoxy) is 2. The van der Waals surface area contributed by atoms with Gasteiger partial charge >= 0.3 is 13.7 Å². The number of imidazole rings is 1. The highest BCUT2D eigenvalue weighted by molar-refractivity contribution is 7.50. The lowest BCUT2D eigenvalue weighted by Crippen LogP contribution is -2.40. The summed E-state index contributed by atoms with van der Waals surface area (Å²) in [5.74, 6) is -1.17. The number of nitrogens with one attached hydrogen (secondary N) is 3. The number of rotatable bonds is 12. The summed E-state index contributed by atoms with van der Waals surface area (Å²) >= 11 is 0. The number of aromatic nitrogens is 4. The van der Waals surface area contributed by atoms with Gasteiger partial charge < -0.3 is 35.6 Å². The number of unbranched alkanes of at least 4 members (excludes halogenated alkanes) is 1. The number of H-pyrrole nitrogens is 1. The van der Waals surface area contributed by atoms with Crippen molar-refractivity contribution in [2.45, 2.75) is 56.8 Å². The molecule has 0 radical (unpaired) electrons. The lowest BCUT2D eigenvalue weighted by molar-refractivity contribution is -0.145. The van der Waals surface area contributed by atoms with Gasteiger partial charge in [-0.1, -0.05) is 0 Å². The van der Waals surface area contributed by atoms with Gasteiger partial charge in [0, 0.05) is 13.5 Å². The van der Waals surface area contributed by atoms with Gasteiger partial charge in [0.25, 0.3) is 5.56 Å². The zero-order valence-electron chi connectivity index (χ0n) is 20.1. The molecule has 18 heteroatoms. The molecule has 3 heterocycles. The number of amides is 1. The molecule has 0 bridgehead atoms. The largest absolute Gasteiger partial charge is 0.467 e. The van der Waals surface area contributed by atoms with Gasteiger partial charge in [0.2, 0.25) is 11.9 Å². The van der Waals surface area contributed by atoms with Gasteiger partial charge in [0.05, 0.1) is 20.0 Å². The van der Waals surface area contributed by atoms with Crippen LogP contribution in [0.2, 0.25) is 0 Å². The molecule has 8 N–H and O–H groups in total. The fourth-order valence-corrected chi connectivity index (χ4v) is 4.66. The van der Waals surface area contributed by atoms with E-state index >= 15 is 0 Å². The summed E-state index contributed by atoms with van der Waals surface area (Å²) in [5, 5.41) is 25.6. The Bertz CT molecular complexity index is 1220. The van der Waals surface area contributed by atoms with Crippen molar-refractivity contribution in [3.8, 4) is 0 Å². The van der Waals surface area contributed by atoms with Crippen LogP contribution in [0.15, 0.2) is 11.1 Å². The Balaban J connectivity index is 1.50. The fourth-order valence-electron chi connectivity index (χ4n) is 3.78. The minimum absolute atomic E-state index is 0.0153. The number of hydrogen-bond donors (Lipinski definition) is 7. The molecule has 1 amide bonds. The van der Waals surface area contributed by atoms with Gasteiger partial charge in [-0.25, -0.2) is 19.4 Å². The third-order valence-electron chi connectivity index (χ3n) is 5.57. The lowest BCUT2D eigenvalue weighted by Gasteiger charge is -2.19. The molecule has 3 rings (SSSR count). The molecule has 1 aliphatic rings. The SMILES string of the molecule is COC(=O)C(CCCCNP(=O)(O)OCC1OC(n2cnc3c(=O)[nH]c(N)nc32)C(O)C1O)NC(C)=O. The Morgan fingerprint density at radius 2 is 2.08 bits per heavy atom. The zero-order valence-corrected chi connectivity index (χ0v) is 21.0. The second-order valence-electron chi connectivity index (χ2n) is 8.32. The van der Waals surface area contributed by atoms with Crippen LogP contribution in [-0.2, 0) is 28.2 Å². The topological polar surface area (TPSA) is 253 Å². The summed E-state index contributed by atoms with van der Waals surface area (Å²) in [6.45, 7) is 0.767. The Kier molecular flexibility index (Phi) is 9.36. The van der Waals surface area contributed by atoms with Crippen LogP contribution in [0.3, 0.4) is 0 Å². The minimum atomic E-state index is -4.31. The molecule has 17 nitrogen and oxygen atoms in total. The molecule has 2 aromatic rings. The van der Waals surface area contributed by atoms with Crippen molar-refractivity contribution in [1.29, 1.82) is 0 Å². The quantitative estimate of drug-likeness (QED) is 0.0852. The number of hydrogen-bond acceptors (Lipinski definition) is 12. The molecule has 0 aromatic carbocycles. The van der Waals surface area contributed by atoms with Crippen LogP contribution in [0.1, 0.15) is 32.4 Å². The number of aliphatic hydroxyl groups excluding tert-OH is 2. The number of anilines is 1. The first kappa shape index (κ1) is 28.6. The Labute approximate surface area is 209 Å². The molecule has 37 heavy (non-hydrogen) atoms. The van der Waals surface area contributed by atoms with Crippen molar-refractivity contribution in [3.05, 3.63) is 16.7 Å². The van der Waals surface area contributed by atoms with Crippen molar-refractivity contribution in [1.82, 2.24) is 29.9 Å². The number of nitrogen functional groups attached to an aromatic ring is 1. The highest BCUT2D eigenvalue weighted by Gasteiger charge is 2.45. The number of methoxy groups -OCH3 is 1. The van der Waals surface area contributed by atoms with Crippen molar-refractivity contribution in [2.24, 2.45) is 0 Å². The number of fused-ring (bicyclic) bond motifs is 1. The van der Waals surface area contributed by atoms with Crippen LogP contribution in [0.4, 0.5) is 5.95 Å². The molecule has 0 saturated carbocycles. The van der Waals surface area contributed by atoms with Crippen molar-refractivity contribution >= 4 is 36.7 Å². The second kappa shape index (κ2) is 12.1. The maximum absolute atomic E-state index is 12.3. The van der Waals surface area contributed by atoms with Crippen molar-refractivity contribution in [2.75, 3.05) is 26.0 Å². The van der Waals surface area contributed by atoms with Gasteiger partial charge in [-0.3, -0.25) is 23.7 Å². The van der Waals surface area contributed by atoms with Gasteiger partial charge in [0.1, 0.15) is 24.4 Å². The first-order valence-electron chi connectivity index (χ1n) is 11.2. The highest BCUT2D eigenvalue weighted by atomic mass is 31.2. The lowest BCUT2D eigenvalue weighted by atomic mass is 10.1. The standard InChI is InChI=1S/C19H30N7O10P/c1-9(27)23-10(18(31)34-2)5-3-4-6-22-37(32,33)35-7-11-13(28)14(29)17(36-11)26-8-21-12-15(26)24-19(20)25-16(12)30/h8,10-11,13-14,17,28-29H,3-7H2,1-2H3,(H,23,27)(H2,22,32,33)(H3,20,24,25,30). The van der Waals surface area contributed by atoms with Crippen LogP contribution in [0, 0.1) is 0 Å². The normalized spacial score (nSPS) is 24.0. The number of carbonyl (C=O) groups is 2. The Morgan fingerprint density at radius 3 is 2.76 bits per heavy atom. The maximum atomic E-state index is 12.3. The fraction of sp³-hybridized carbons (Fsp3) is 0.632. The van der Waals surface area contributed by atoms with E-state index in [1.54, 1.807) is 0 Å². The number of esters is 1. The van der Waals surface area contributed by atoms with Crippen molar-refractivity contribution < 1.29 is 43.3 Å². The molecule has 0 spiro atoms. The molecule has 0 aliphatic carbocycles. The van der Waals surface area contributed by atoms with Crippen LogP contribution < -0.4 is 21.7 Å². The first-order chi connectivity index (χ1) is 17.4. The van der Waals surface area contributed by atoms with Gasteiger partial charge in [-0.15, -0.1) is 0 Å². The summed E-state index contributed by atoms with van der Waals surface area (Å²) in [5.41, 5.74) is 4.92. The smallest absolute Gasteiger partial charge is 0.403 e. The van der Waals surface area contributed by atoms with E-state index in [9.17, 15) is 34.1 Å². The van der Waals surface area contributed by atoms with E-state index in [-0.39, 0.29) is 36.0 Å². The first-order valence-corrected chi connectivity index (χ1v) is 12.8. The molecular formula is C19H30N7O10P. The number of carbonyl (C=O) groups excluding carboxylic acids is 2. The third-order valence-corrected chi connectivity index (χ3v) is 6.69. The van der Waals surface area contributed by atoms with Crippen LogP contribution >= 0.6 is 7.75 Å². The van der Waals surface area contributed by atoms with E-state index < -0.39 is 56.5 Å². The number of aliphatic hydroxyl groups is 2. The van der Waals surface area contributed by atoms with Gasteiger partial charge in [0.15, 0.2) is 17.4 Å². The molecule has 6 atom stereocenters. The highest BCUT2D eigenvalue weighted by Crippen LogP contribution is 2.39. The molecule has 6 unspecified atom stereocenters. The van der Waals surface area contributed by atoms with E-state index in [0.29, 0.717) is 12.8 Å². The Hall–Kier alpha value is -2.92. The van der Waals surface area contributed by atoms with Crippen LogP contribution in [0.25, 0.3) is 11.2 Å². The Morgan fingerprint density at radius 1 is 1.35 bits per heavy atom. The zero-order chi connectivity index (χ0) is 27.3. The molecule has 206 valence electrons. The molecule has 1 saturated heterocycles. The van der Waals surface area contributed by atoms with E-state index in [1.165, 1.54) is 24.9 Å². The summed E-state index contributed by atoms with van der Waals surface area (Å²) in [6.07, 6.45) is -3.17. The summed E-state index contributed by atoms with van der Waals surface area (Å²) < 4.78 is 28.8. The molecule has 1 aliphatic heterocycles. The average molecular weight is 547 g/mol. The van der Waals surface area contributed by atoms with Crippen LogP contribution in [0.5, 0.6) is 0 Å². The van der Waals surface area contributed by atoms with Crippen molar-refractivity contribution in [3.63, 3.8) is 0 Å². The predicted octanol–water partition coefficient (Wildman–Crippen LogP) is -2.12. The number of nitrogens with zero attached hydrogens (tertiary/aromatic N) is 3. The summed E-state index contributed by atoms with van der Waals surface area (Å²) in [6, 6.07) is -0.822. The molecule has 2 aromatic heterocycles. The monoisotopic (exact) mass is 547 g/mol. The van der Waals surface area contributed by atoms with E-state index in [2.05, 4.69) is 30.1 Å². The summed E-state index contributed by atoms with van der Waals surface area (Å²) in [4.78, 5) is 55.1. The van der Waals surface area contributed by atoms with E-state index in [4.69, 9.17) is 15.0 Å². The minimum Gasteiger partial charge on any atom is -0.467 e. The molecular weight excluding hydrogens is 517 g/mol. The molecule has 1 fully saturated rings. The summed E-state index contributed by atoms with van der Waals surface area (Å²) in [7, 11) is -3.11.